The highest BCUT2D eigenvalue weighted by Crippen LogP contribution is 2.18. The van der Waals surface area contributed by atoms with Crippen LogP contribution < -0.4 is 15.4 Å². The van der Waals surface area contributed by atoms with Gasteiger partial charge in [-0.05, 0) is 43.7 Å². The van der Waals surface area contributed by atoms with E-state index < -0.39 is 0 Å². The first kappa shape index (κ1) is 20.5. The number of carbonyl (C=O) groups excluding carboxylic acids is 2. The summed E-state index contributed by atoms with van der Waals surface area (Å²) < 4.78 is 5.57. The van der Waals surface area contributed by atoms with E-state index in [1.807, 2.05) is 38.1 Å². The number of aromatic nitrogens is 2. The first-order valence-corrected chi connectivity index (χ1v) is 10.1. The highest BCUT2D eigenvalue weighted by molar-refractivity contribution is 7.13. The van der Waals surface area contributed by atoms with Gasteiger partial charge in [0.15, 0.2) is 0 Å². The molecule has 0 unspecified atom stereocenters. The second-order valence-corrected chi connectivity index (χ2v) is 7.17. The number of benzene rings is 2. The lowest BCUT2D eigenvalue weighted by Gasteiger charge is -2.11. The SMILES string of the molecule is CCOc1ccccc1CNC(=O)c1ccc(NC(=O)c2nnc(CC)s2)cc1. The van der Waals surface area contributed by atoms with Gasteiger partial charge in [0.25, 0.3) is 11.8 Å². The molecule has 3 aromatic rings. The van der Waals surface area contributed by atoms with E-state index in [4.69, 9.17) is 4.74 Å². The first-order valence-electron chi connectivity index (χ1n) is 9.33. The minimum atomic E-state index is -0.313. The Hall–Kier alpha value is -3.26. The number of carbonyl (C=O) groups is 2. The summed E-state index contributed by atoms with van der Waals surface area (Å²) in [6.45, 7) is 4.81. The van der Waals surface area contributed by atoms with Gasteiger partial charge in [-0.3, -0.25) is 9.59 Å². The van der Waals surface area contributed by atoms with Crippen molar-refractivity contribution in [2.45, 2.75) is 26.8 Å². The highest BCUT2D eigenvalue weighted by Gasteiger charge is 2.13. The molecule has 0 spiro atoms. The number of nitrogens with one attached hydrogen (secondary N) is 2. The summed E-state index contributed by atoms with van der Waals surface area (Å²) in [5.41, 5.74) is 2.00. The molecule has 2 N–H and O–H groups in total. The van der Waals surface area contributed by atoms with E-state index >= 15 is 0 Å². The topological polar surface area (TPSA) is 93.2 Å². The summed E-state index contributed by atoms with van der Waals surface area (Å²) in [5.74, 6) is 0.245. The standard InChI is InChI=1S/C21H22N4O3S/c1-3-18-24-25-21(29-18)20(27)23-16-11-9-14(10-12-16)19(26)22-13-15-7-5-6-8-17(15)28-4-2/h5-12H,3-4,13H2,1-2H3,(H,22,26)(H,23,27). The Balaban J connectivity index is 1.58. The van der Waals surface area contributed by atoms with Crippen LogP contribution in [-0.4, -0.2) is 28.6 Å². The second kappa shape index (κ2) is 9.79. The first-order chi connectivity index (χ1) is 14.1. The molecule has 0 aliphatic carbocycles. The summed E-state index contributed by atoms with van der Waals surface area (Å²) >= 11 is 1.27. The van der Waals surface area contributed by atoms with Crippen molar-refractivity contribution in [3.63, 3.8) is 0 Å². The second-order valence-electron chi connectivity index (χ2n) is 6.11. The minimum Gasteiger partial charge on any atom is -0.494 e. The molecule has 0 fully saturated rings. The van der Waals surface area contributed by atoms with Gasteiger partial charge in [-0.1, -0.05) is 36.5 Å². The molecule has 2 aromatic carbocycles. The number of hydrogen-bond acceptors (Lipinski definition) is 6. The van der Waals surface area contributed by atoms with Crippen molar-refractivity contribution in [3.05, 3.63) is 69.7 Å². The number of aryl methyl sites for hydroxylation is 1. The van der Waals surface area contributed by atoms with Gasteiger partial charge in [-0.15, -0.1) is 10.2 Å². The van der Waals surface area contributed by atoms with Gasteiger partial charge in [0.1, 0.15) is 10.8 Å². The number of para-hydroxylation sites is 1. The number of ether oxygens (including phenoxy) is 1. The Morgan fingerprint density at radius 1 is 1.00 bits per heavy atom. The monoisotopic (exact) mass is 410 g/mol. The molecule has 0 aliphatic rings. The molecule has 150 valence electrons. The zero-order valence-electron chi connectivity index (χ0n) is 16.3. The van der Waals surface area contributed by atoms with Crippen LogP contribution in [0.2, 0.25) is 0 Å². The molecule has 1 aromatic heterocycles. The zero-order valence-corrected chi connectivity index (χ0v) is 17.1. The normalized spacial score (nSPS) is 10.4. The molecule has 1 heterocycles. The van der Waals surface area contributed by atoms with Gasteiger partial charge in [0, 0.05) is 23.4 Å². The third-order valence-corrected chi connectivity index (χ3v) is 5.15. The lowest BCUT2D eigenvalue weighted by molar-refractivity contribution is 0.0950. The fraction of sp³-hybridized carbons (Fsp3) is 0.238. The third kappa shape index (κ3) is 5.39. The van der Waals surface area contributed by atoms with Gasteiger partial charge in [0.05, 0.1) is 6.61 Å². The maximum Gasteiger partial charge on any atom is 0.286 e. The minimum absolute atomic E-state index is 0.203. The van der Waals surface area contributed by atoms with E-state index in [0.717, 1.165) is 22.7 Å². The van der Waals surface area contributed by atoms with Gasteiger partial charge in [0.2, 0.25) is 5.01 Å². The van der Waals surface area contributed by atoms with Crippen LogP contribution in [0.1, 0.15) is 44.6 Å². The van der Waals surface area contributed by atoms with Crippen LogP contribution in [0.4, 0.5) is 5.69 Å². The van der Waals surface area contributed by atoms with Crippen molar-refractivity contribution < 1.29 is 14.3 Å². The number of hydrogen-bond donors (Lipinski definition) is 2. The number of nitrogens with zero attached hydrogens (tertiary/aromatic N) is 2. The summed E-state index contributed by atoms with van der Waals surface area (Å²) in [6, 6.07) is 14.3. The summed E-state index contributed by atoms with van der Waals surface area (Å²) in [4.78, 5) is 24.6. The van der Waals surface area contributed by atoms with E-state index in [2.05, 4.69) is 20.8 Å². The fourth-order valence-corrected chi connectivity index (χ4v) is 3.28. The van der Waals surface area contributed by atoms with Crippen molar-refractivity contribution in [1.82, 2.24) is 15.5 Å². The van der Waals surface area contributed by atoms with Crippen molar-refractivity contribution in [2.24, 2.45) is 0 Å². The van der Waals surface area contributed by atoms with E-state index in [1.54, 1.807) is 24.3 Å². The Kier molecular flexibility index (Phi) is 6.91. The Morgan fingerprint density at radius 2 is 1.76 bits per heavy atom. The number of amides is 2. The predicted octanol–water partition coefficient (Wildman–Crippen LogP) is 3.68. The maximum absolute atomic E-state index is 12.4. The molecule has 29 heavy (non-hydrogen) atoms. The van der Waals surface area contributed by atoms with Crippen molar-refractivity contribution in [1.29, 1.82) is 0 Å². The van der Waals surface area contributed by atoms with Crippen LogP contribution in [0.5, 0.6) is 5.75 Å². The molecule has 0 bridgehead atoms. The predicted molar refractivity (Wildman–Crippen MR) is 112 cm³/mol. The Morgan fingerprint density at radius 3 is 2.45 bits per heavy atom. The number of anilines is 1. The van der Waals surface area contributed by atoms with Gasteiger partial charge in [-0.2, -0.15) is 0 Å². The molecule has 0 aliphatic heterocycles. The van der Waals surface area contributed by atoms with Gasteiger partial charge < -0.3 is 15.4 Å². The fourth-order valence-electron chi connectivity index (χ4n) is 2.60. The number of rotatable bonds is 8. The molecular weight excluding hydrogens is 388 g/mol. The van der Waals surface area contributed by atoms with Crippen molar-refractivity contribution >= 4 is 28.8 Å². The molecule has 0 saturated heterocycles. The third-order valence-electron chi connectivity index (χ3n) is 4.08. The molecule has 8 heteroatoms. The quantitative estimate of drug-likeness (QED) is 0.591. The molecule has 0 atom stereocenters. The van der Waals surface area contributed by atoms with Crippen molar-refractivity contribution in [3.8, 4) is 5.75 Å². The van der Waals surface area contributed by atoms with Gasteiger partial charge >= 0.3 is 0 Å². The van der Waals surface area contributed by atoms with Crippen LogP contribution in [0, 0.1) is 0 Å². The highest BCUT2D eigenvalue weighted by atomic mass is 32.1. The van der Waals surface area contributed by atoms with Crippen LogP contribution in [-0.2, 0) is 13.0 Å². The molecule has 3 rings (SSSR count). The molecular formula is C21H22N4O3S. The van der Waals surface area contributed by atoms with E-state index in [1.165, 1.54) is 11.3 Å². The lowest BCUT2D eigenvalue weighted by atomic mass is 10.1. The lowest BCUT2D eigenvalue weighted by Crippen LogP contribution is -2.23. The summed E-state index contributed by atoms with van der Waals surface area (Å²) in [6.07, 6.45) is 0.740. The van der Waals surface area contributed by atoms with Crippen LogP contribution in [0.25, 0.3) is 0 Å². The van der Waals surface area contributed by atoms with Gasteiger partial charge in [-0.25, -0.2) is 0 Å². The Bertz CT molecular complexity index is 986. The maximum atomic E-state index is 12.4. The average Bonchev–Trinajstić information content (AvgIpc) is 3.23. The van der Waals surface area contributed by atoms with Crippen molar-refractivity contribution in [2.75, 3.05) is 11.9 Å². The molecule has 0 radical (unpaired) electrons. The summed E-state index contributed by atoms with van der Waals surface area (Å²) in [7, 11) is 0. The van der Waals surface area contributed by atoms with E-state index in [-0.39, 0.29) is 11.8 Å². The van der Waals surface area contributed by atoms with Crippen LogP contribution >= 0.6 is 11.3 Å². The Labute approximate surface area is 173 Å². The van der Waals surface area contributed by atoms with E-state index in [9.17, 15) is 9.59 Å². The van der Waals surface area contributed by atoms with E-state index in [0.29, 0.717) is 29.4 Å². The smallest absolute Gasteiger partial charge is 0.286 e. The summed E-state index contributed by atoms with van der Waals surface area (Å²) in [5, 5.41) is 14.6. The molecule has 0 saturated carbocycles. The molecule has 7 nitrogen and oxygen atoms in total. The van der Waals surface area contributed by atoms with Crippen LogP contribution in [0.3, 0.4) is 0 Å². The molecule has 2 amide bonds. The average molecular weight is 410 g/mol. The largest absolute Gasteiger partial charge is 0.494 e. The van der Waals surface area contributed by atoms with Crippen LogP contribution in [0.15, 0.2) is 48.5 Å². The zero-order chi connectivity index (χ0) is 20.6.